The van der Waals surface area contributed by atoms with Crippen LogP contribution in [0.2, 0.25) is 0 Å². The molecule has 60 valence electrons. The van der Waals surface area contributed by atoms with Crippen LogP contribution in [0.5, 0.6) is 0 Å². The van der Waals surface area contributed by atoms with E-state index in [1.807, 2.05) is 6.07 Å². The highest BCUT2D eigenvalue weighted by atomic mass is 79.9. The number of alkyl halides is 1. The third-order valence-electron chi connectivity index (χ3n) is 1.91. The van der Waals surface area contributed by atoms with Gasteiger partial charge in [-0.25, -0.2) is 0 Å². The van der Waals surface area contributed by atoms with Crippen LogP contribution >= 0.6 is 15.9 Å². The number of nitrogens with zero attached hydrogens (tertiary/aromatic N) is 1. The number of aromatic nitrogens is 1. The molecule has 0 saturated carbocycles. The van der Waals surface area contributed by atoms with E-state index in [0.29, 0.717) is 5.92 Å². The maximum Gasteiger partial charge on any atom is 0.147 e. The minimum Gasteiger partial charge on any atom is -0.360 e. The van der Waals surface area contributed by atoms with Gasteiger partial charge < -0.3 is 9.84 Å². The first-order valence-electron chi connectivity index (χ1n) is 3.62. The molecule has 0 amide bonds. The number of rotatable bonds is 2. The monoisotopic (exact) mass is 216 g/mol. The van der Waals surface area contributed by atoms with E-state index in [0.717, 1.165) is 29.9 Å². The SMILES string of the molecule is BrCc1cc(C2CNC2)no1. The number of hydrogen-bond acceptors (Lipinski definition) is 3. The lowest BCUT2D eigenvalue weighted by molar-refractivity contribution is 0.363. The maximum absolute atomic E-state index is 5.05. The molecule has 0 aliphatic carbocycles. The minimum atomic E-state index is 0.576. The first-order valence-corrected chi connectivity index (χ1v) is 4.74. The van der Waals surface area contributed by atoms with Gasteiger partial charge in [0.1, 0.15) is 5.76 Å². The van der Waals surface area contributed by atoms with Gasteiger partial charge in [0, 0.05) is 25.1 Å². The largest absolute Gasteiger partial charge is 0.360 e. The summed E-state index contributed by atoms with van der Waals surface area (Å²) in [6.45, 7) is 2.07. The Morgan fingerprint density at radius 1 is 1.73 bits per heavy atom. The fraction of sp³-hybridized carbons (Fsp3) is 0.571. The van der Waals surface area contributed by atoms with Crippen molar-refractivity contribution in [3.8, 4) is 0 Å². The first kappa shape index (κ1) is 7.31. The lowest BCUT2D eigenvalue weighted by Crippen LogP contribution is -2.40. The van der Waals surface area contributed by atoms with Crippen LogP contribution in [0, 0.1) is 0 Å². The second-order valence-corrected chi connectivity index (χ2v) is 3.27. The van der Waals surface area contributed by atoms with Crippen LogP contribution in [0.4, 0.5) is 0 Å². The summed E-state index contributed by atoms with van der Waals surface area (Å²) in [7, 11) is 0. The molecule has 0 radical (unpaired) electrons. The summed E-state index contributed by atoms with van der Waals surface area (Å²) in [6, 6.07) is 2.01. The molecule has 1 N–H and O–H groups in total. The molecule has 1 saturated heterocycles. The Bertz CT molecular complexity index is 244. The van der Waals surface area contributed by atoms with E-state index in [1.165, 1.54) is 0 Å². The van der Waals surface area contributed by atoms with E-state index < -0.39 is 0 Å². The van der Waals surface area contributed by atoms with Crippen molar-refractivity contribution in [1.82, 2.24) is 10.5 Å². The Kier molecular flexibility index (Phi) is 1.96. The Hall–Kier alpha value is -0.350. The van der Waals surface area contributed by atoms with Gasteiger partial charge in [0.2, 0.25) is 0 Å². The van der Waals surface area contributed by atoms with Crippen LogP contribution in [-0.4, -0.2) is 18.2 Å². The van der Waals surface area contributed by atoms with Crippen molar-refractivity contribution >= 4 is 15.9 Å². The highest BCUT2D eigenvalue weighted by molar-refractivity contribution is 9.08. The van der Waals surface area contributed by atoms with Crippen molar-refractivity contribution in [2.24, 2.45) is 0 Å². The van der Waals surface area contributed by atoms with Gasteiger partial charge in [-0.15, -0.1) is 0 Å². The van der Waals surface area contributed by atoms with Crippen molar-refractivity contribution in [3.63, 3.8) is 0 Å². The van der Waals surface area contributed by atoms with Gasteiger partial charge >= 0.3 is 0 Å². The molecule has 1 aromatic rings. The zero-order valence-corrected chi connectivity index (χ0v) is 7.60. The Morgan fingerprint density at radius 3 is 3.00 bits per heavy atom. The number of hydrogen-bond donors (Lipinski definition) is 1. The molecule has 1 aliphatic heterocycles. The summed E-state index contributed by atoms with van der Waals surface area (Å²) < 4.78 is 5.05. The second-order valence-electron chi connectivity index (χ2n) is 2.71. The van der Waals surface area contributed by atoms with Crippen LogP contribution in [0.3, 0.4) is 0 Å². The van der Waals surface area contributed by atoms with Crippen LogP contribution in [0.25, 0.3) is 0 Å². The van der Waals surface area contributed by atoms with E-state index in [9.17, 15) is 0 Å². The van der Waals surface area contributed by atoms with Gasteiger partial charge in [-0.3, -0.25) is 0 Å². The third kappa shape index (κ3) is 1.32. The number of halogens is 1. The zero-order chi connectivity index (χ0) is 7.68. The van der Waals surface area contributed by atoms with Gasteiger partial charge in [0.15, 0.2) is 0 Å². The Morgan fingerprint density at radius 2 is 2.55 bits per heavy atom. The van der Waals surface area contributed by atoms with Crippen molar-refractivity contribution in [1.29, 1.82) is 0 Å². The fourth-order valence-electron chi connectivity index (χ4n) is 1.08. The van der Waals surface area contributed by atoms with Crippen molar-refractivity contribution in [2.75, 3.05) is 13.1 Å². The maximum atomic E-state index is 5.05. The molecule has 0 aromatic carbocycles. The summed E-state index contributed by atoms with van der Waals surface area (Å²) in [5.74, 6) is 1.48. The Balaban J connectivity index is 2.11. The summed E-state index contributed by atoms with van der Waals surface area (Å²) >= 11 is 3.31. The summed E-state index contributed by atoms with van der Waals surface area (Å²) in [5, 5.41) is 7.91. The third-order valence-corrected chi connectivity index (χ3v) is 2.46. The minimum absolute atomic E-state index is 0.576. The van der Waals surface area contributed by atoms with E-state index in [4.69, 9.17) is 4.52 Å². The van der Waals surface area contributed by atoms with Crippen molar-refractivity contribution < 1.29 is 4.52 Å². The van der Waals surface area contributed by atoms with E-state index in [2.05, 4.69) is 26.4 Å². The van der Waals surface area contributed by atoms with Gasteiger partial charge in [0.25, 0.3) is 0 Å². The van der Waals surface area contributed by atoms with Crippen LogP contribution in [0.1, 0.15) is 17.4 Å². The average molecular weight is 217 g/mol. The molecular formula is C7H9BrN2O. The molecule has 0 spiro atoms. The van der Waals surface area contributed by atoms with Crippen molar-refractivity contribution in [3.05, 3.63) is 17.5 Å². The molecule has 0 unspecified atom stereocenters. The van der Waals surface area contributed by atoms with Crippen LogP contribution in [-0.2, 0) is 5.33 Å². The average Bonchev–Trinajstić information content (AvgIpc) is 2.32. The van der Waals surface area contributed by atoms with Gasteiger partial charge in [-0.1, -0.05) is 21.1 Å². The van der Waals surface area contributed by atoms with Crippen LogP contribution < -0.4 is 5.32 Å². The lowest BCUT2D eigenvalue weighted by Gasteiger charge is -2.24. The zero-order valence-electron chi connectivity index (χ0n) is 6.01. The fourth-order valence-corrected chi connectivity index (χ4v) is 1.35. The van der Waals surface area contributed by atoms with Gasteiger partial charge in [-0.2, -0.15) is 0 Å². The molecule has 2 rings (SSSR count). The summed E-state index contributed by atoms with van der Waals surface area (Å²) in [4.78, 5) is 0. The molecule has 0 atom stereocenters. The smallest absolute Gasteiger partial charge is 0.147 e. The second kappa shape index (κ2) is 2.95. The molecule has 11 heavy (non-hydrogen) atoms. The van der Waals surface area contributed by atoms with Crippen molar-refractivity contribution in [2.45, 2.75) is 11.2 Å². The molecule has 4 heteroatoms. The molecule has 1 aromatic heterocycles. The molecule has 1 aliphatic rings. The lowest BCUT2D eigenvalue weighted by atomic mass is 10.00. The van der Waals surface area contributed by atoms with E-state index in [1.54, 1.807) is 0 Å². The van der Waals surface area contributed by atoms with Gasteiger partial charge in [-0.05, 0) is 0 Å². The predicted molar refractivity (Wildman–Crippen MR) is 44.7 cm³/mol. The first-order chi connectivity index (χ1) is 5.40. The highest BCUT2D eigenvalue weighted by Crippen LogP contribution is 2.19. The standard InChI is InChI=1S/C7H9BrN2O/c8-2-6-1-7(10-11-6)5-3-9-4-5/h1,5,9H,2-4H2. The molecule has 3 nitrogen and oxygen atoms in total. The predicted octanol–water partition coefficient (Wildman–Crippen LogP) is 1.26. The molecule has 1 fully saturated rings. The topological polar surface area (TPSA) is 38.1 Å². The molecular weight excluding hydrogens is 208 g/mol. The quantitative estimate of drug-likeness (QED) is 0.757. The highest BCUT2D eigenvalue weighted by Gasteiger charge is 2.22. The van der Waals surface area contributed by atoms with E-state index in [-0.39, 0.29) is 0 Å². The summed E-state index contributed by atoms with van der Waals surface area (Å²) in [5.41, 5.74) is 1.08. The summed E-state index contributed by atoms with van der Waals surface area (Å²) in [6.07, 6.45) is 0. The normalized spacial score (nSPS) is 18.3. The van der Waals surface area contributed by atoms with Crippen LogP contribution in [0.15, 0.2) is 10.6 Å². The molecule has 2 heterocycles. The van der Waals surface area contributed by atoms with Gasteiger partial charge in [0.05, 0.1) is 11.0 Å². The van der Waals surface area contributed by atoms with E-state index >= 15 is 0 Å². The molecule has 0 bridgehead atoms. The Labute approximate surface area is 73.3 Å². The number of nitrogens with one attached hydrogen (secondary N) is 1.